The number of amides is 4. The number of nitrogens with one attached hydrogen (secondary N) is 1. The topological polar surface area (TPSA) is 85.8 Å². The highest BCUT2D eigenvalue weighted by Gasteiger charge is 2.54. The third kappa shape index (κ3) is 3.73. The zero-order valence-corrected chi connectivity index (χ0v) is 17.0. The largest absolute Gasteiger partial charge is 0.337 e. The maximum Gasteiger partial charge on any atom is 0.325 e. The van der Waals surface area contributed by atoms with Crippen molar-refractivity contribution in [2.75, 3.05) is 32.7 Å². The Hall–Kier alpha value is -2.48. The predicted octanol–water partition coefficient (Wildman–Crippen LogP) is 1.48. The molecule has 29 heavy (non-hydrogen) atoms. The second kappa shape index (κ2) is 8.10. The van der Waals surface area contributed by atoms with Gasteiger partial charge < -0.3 is 15.1 Å². The molecule has 0 aliphatic carbocycles. The van der Waals surface area contributed by atoms with Gasteiger partial charge in [-0.1, -0.05) is 6.92 Å². The van der Waals surface area contributed by atoms with Gasteiger partial charge in [-0.3, -0.25) is 19.5 Å². The van der Waals surface area contributed by atoms with Gasteiger partial charge in [0.15, 0.2) is 0 Å². The summed E-state index contributed by atoms with van der Waals surface area (Å²) in [5.74, 6) is -0.186. The molecule has 3 saturated heterocycles. The van der Waals surface area contributed by atoms with Crippen LogP contribution in [-0.4, -0.2) is 81.8 Å². The van der Waals surface area contributed by atoms with Gasteiger partial charge in [-0.25, -0.2) is 4.79 Å². The van der Waals surface area contributed by atoms with Gasteiger partial charge in [0, 0.05) is 44.1 Å². The van der Waals surface area contributed by atoms with E-state index in [9.17, 15) is 14.4 Å². The molecule has 1 aromatic rings. The molecule has 0 aromatic carbocycles. The van der Waals surface area contributed by atoms with Crippen LogP contribution in [0.5, 0.6) is 0 Å². The highest BCUT2D eigenvalue weighted by atomic mass is 16.2. The molecule has 1 N–H and O–H groups in total. The summed E-state index contributed by atoms with van der Waals surface area (Å²) in [6.07, 6.45) is 7.10. The summed E-state index contributed by atoms with van der Waals surface area (Å²) in [6, 6.07) is 2.81. The van der Waals surface area contributed by atoms with Crippen LogP contribution in [0.3, 0.4) is 0 Å². The Bertz CT molecular complexity index is 776. The monoisotopic (exact) mass is 399 g/mol. The number of hydrogen-bond donors (Lipinski definition) is 1. The minimum atomic E-state index is -0.765. The van der Waals surface area contributed by atoms with Gasteiger partial charge in [0.25, 0.3) is 11.8 Å². The average Bonchev–Trinajstić information content (AvgIpc) is 2.99. The molecule has 1 unspecified atom stereocenters. The molecule has 3 fully saturated rings. The van der Waals surface area contributed by atoms with Crippen LogP contribution >= 0.6 is 0 Å². The molecule has 3 aliphatic heterocycles. The fourth-order valence-corrected chi connectivity index (χ4v) is 4.81. The Morgan fingerprint density at radius 3 is 2.62 bits per heavy atom. The summed E-state index contributed by atoms with van der Waals surface area (Å²) >= 11 is 0. The molecule has 8 heteroatoms. The van der Waals surface area contributed by atoms with Crippen LogP contribution in [0.1, 0.15) is 49.4 Å². The molecule has 8 nitrogen and oxygen atoms in total. The van der Waals surface area contributed by atoms with Gasteiger partial charge in [0.1, 0.15) is 5.54 Å². The SMILES string of the molecule is CCCN1CCC2(CC1)NC(=O)N(C1CCCN(C(=O)c3ccncc3)C1)C2=O. The minimum Gasteiger partial charge on any atom is -0.337 e. The maximum absolute atomic E-state index is 13.3. The average molecular weight is 399 g/mol. The Morgan fingerprint density at radius 2 is 1.93 bits per heavy atom. The van der Waals surface area contributed by atoms with Crippen LogP contribution < -0.4 is 5.32 Å². The molecule has 156 valence electrons. The Labute approximate surface area is 171 Å². The van der Waals surface area contributed by atoms with Crippen LogP contribution in [0.15, 0.2) is 24.5 Å². The second-order valence-corrected chi connectivity index (χ2v) is 8.31. The quantitative estimate of drug-likeness (QED) is 0.775. The van der Waals surface area contributed by atoms with E-state index in [-0.39, 0.29) is 23.9 Å². The molecule has 4 rings (SSSR count). The van der Waals surface area contributed by atoms with Gasteiger partial charge in [-0.15, -0.1) is 0 Å². The lowest BCUT2D eigenvalue weighted by Gasteiger charge is -2.39. The highest BCUT2D eigenvalue weighted by Crippen LogP contribution is 2.32. The molecule has 1 atom stereocenters. The molecule has 0 radical (unpaired) electrons. The number of pyridine rings is 1. The lowest BCUT2D eigenvalue weighted by atomic mass is 9.87. The van der Waals surface area contributed by atoms with Crippen molar-refractivity contribution in [2.24, 2.45) is 0 Å². The van der Waals surface area contributed by atoms with Gasteiger partial charge >= 0.3 is 6.03 Å². The van der Waals surface area contributed by atoms with E-state index in [1.807, 2.05) is 0 Å². The lowest BCUT2D eigenvalue weighted by Crippen LogP contribution is -2.56. The number of nitrogens with zero attached hydrogens (tertiary/aromatic N) is 4. The Kier molecular flexibility index (Phi) is 5.54. The van der Waals surface area contributed by atoms with E-state index in [1.54, 1.807) is 29.4 Å². The predicted molar refractivity (Wildman–Crippen MR) is 107 cm³/mol. The van der Waals surface area contributed by atoms with Crippen LogP contribution in [0.2, 0.25) is 0 Å². The second-order valence-electron chi connectivity index (χ2n) is 8.31. The fourth-order valence-electron chi connectivity index (χ4n) is 4.81. The van der Waals surface area contributed by atoms with Gasteiger partial charge in [0.2, 0.25) is 0 Å². The van der Waals surface area contributed by atoms with E-state index < -0.39 is 5.54 Å². The minimum absolute atomic E-state index is 0.0771. The van der Waals surface area contributed by atoms with Crippen LogP contribution in [0.25, 0.3) is 0 Å². The highest BCUT2D eigenvalue weighted by molar-refractivity contribution is 6.07. The molecule has 1 aromatic heterocycles. The van der Waals surface area contributed by atoms with Crippen molar-refractivity contribution in [3.8, 4) is 0 Å². The Balaban J connectivity index is 1.45. The molecule has 4 amide bonds. The Morgan fingerprint density at radius 1 is 1.21 bits per heavy atom. The molecular formula is C21H29N5O3. The zero-order chi connectivity index (χ0) is 20.4. The standard InChI is InChI=1S/C21H29N5O3/c1-2-11-24-13-7-21(8-14-24)19(28)26(20(29)23-21)17-4-3-12-25(15-17)18(27)16-5-9-22-10-6-16/h5-6,9-10,17H,2-4,7-8,11-15H2,1H3,(H,23,29). The van der Waals surface area contributed by atoms with Crippen molar-refractivity contribution in [3.05, 3.63) is 30.1 Å². The van der Waals surface area contributed by atoms with E-state index >= 15 is 0 Å². The number of hydrogen-bond acceptors (Lipinski definition) is 5. The summed E-state index contributed by atoms with van der Waals surface area (Å²) in [5, 5.41) is 3.00. The van der Waals surface area contributed by atoms with Crippen molar-refractivity contribution in [1.82, 2.24) is 25.0 Å². The number of likely N-dealkylation sites (tertiary alicyclic amines) is 2. The number of piperidine rings is 2. The van der Waals surface area contributed by atoms with Crippen molar-refractivity contribution >= 4 is 17.8 Å². The fraction of sp³-hybridized carbons (Fsp3) is 0.619. The number of imide groups is 1. The third-order valence-electron chi connectivity index (χ3n) is 6.42. The first-order chi connectivity index (χ1) is 14.0. The maximum atomic E-state index is 13.3. The van der Waals surface area contributed by atoms with Gasteiger partial charge in [-0.05, 0) is 50.8 Å². The number of carbonyl (C=O) groups is 3. The van der Waals surface area contributed by atoms with Crippen LogP contribution in [-0.2, 0) is 4.79 Å². The van der Waals surface area contributed by atoms with E-state index in [0.29, 0.717) is 31.5 Å². The molecule has 4 heterocycles. The third-order valence-corrected chi connectivity index (χ3v) is 6.42. The molecule has 0 bridgehead atoms. The van der Waals surface area contributed by atoms with Gasteiger partial charge in [0.05, 0.1) is 6.04 Å². The number of aromatic nitrogens is 1. The zero-order valence-electron chi connectivity index (χ0n) is 17.0. The van der Waals surface area contributed by atoms with E-state index in [0.717, 1.165) is 38.9 Å². The van der Waals surface area contributed by atoms with Crippen molar-refractivity contribution < 1.29 is 14.4 Å². The summed E-state index contributed by atoms with van der Waals surface area (Å²) in [4.78, 5) is 48.4. The summed E-state index contributed by atoms with van der Waals surface area (Å²) < 4.78 is 0. The molecular weight excluding hydrogens is 370 g/mol. The van der Waals surface area contributed by atoms with Crippen molar-refractivity contribution in [3.63, 3.8) is 0 Å². The van der Waals surface area contributed by atoms with E-state index in [4.69, 9.17) is 0 Å². The summed E-state index contributed by atoms with van der Waals surface area (Å²) in [7, 11) is 0. The first-order valence-corrected chi connectivity index (χ1v) is 10.6. The van der Waals surface area contributed by atoms with Gasteiger partial charge in [-0.2, -0.15) is 0 Å². The smallest absolute Gasteiger partial charge is 0.325 e. The van der Waals surface area contributed by atoms with Crippen molar-refractivity contribution in [1.29, 1.82) is 0 Å². The number of rotatable bonds is 4. The first kappa shape index (κ1) is 19.8. The molecule has 1 spiro atoms. The van der Waals surface area contributed by atoms with E-state index in [2.05, 4.69) is 22.1 Å². The number of carbonyl (C=O) groups excluding carboxylic acids is 3. The summed E-state index contributed by atoms with van der Waals surface area (Å²) in [5.41, 5.74) is -0.184. The lowest BCUT2D eigenvalue weighted by molar-refractivity contribution is -0.135. The first-order valence-electron chi connectivity index (χ1n) is 10.6. The van der Waals surface area contributed by atoms with Crippen molar-refractivity contribution in [2.45, 2.75) is 50.6 Å². The number of urea groups is 1. The molecule has 0 saturated carbocycles. The van der Waals surface area contributed by atoms with Crippen LogP contribution in [0, 0.1) is 0 Å². The van der Waals surface area contributed by atoms with E-state index in [1.165, 1.54) is 4.90 Å². The summed E-state index contributed by atoms with van der Waals surface area (Å²) in [6.45, 7) is 5.85. The van der Waals surface area contributed by atoms with Crippen LogP contribution in [0.4, 0.5) is 4.79 Å². The molecule has 3 aliphatic rings. The normalized spacial score (nSPS) is 24.8.